The number of fused-ring (bicyclic) bond motifs is 3. The second-order valence-electron chi connectivity index (χ2n) is 7.24. The van der Waals surface area contributed by atoms with Gasteiger partial charge in [-0.3, -0.25) is 0 Å². The van der Waals surface area contributed by atoms with Crippen LogP contribution in [-0.2, 0) is 6.42 Å². The molecule has 0 radical (unpaired) electrons. The molecular weight excluding hydrogens is 364 g/mol. The Bertz CT molecular complexity index is 1180. The van der Waals surface area contributed by atoms with Crippen LogP contribution in [0.4, 0.5) is 0 Å². The molecule has 136 valence electrons. The third-order valence-corrected chi connectivity index (χ3v) is 5.59. The molecule has 1 heterocycles. The summed E-state index contributed by atoms with van der Waals surface area (Å²) in [5.41, 5.74) is 5.79. The van der Waals surface area contributed by atoms with E-state index in [-0.39, 0.29) is 6.10 Å². The van der Waals surface area contributed by atoms with Gasteiger partial charge in [0.15, 0.2) is 0 Å². The van der Waals surface area contributed by atoms with Crippen LogP contribution in [0.3, 0.4) is 0 Å². The zero-order chi connectivity index (χ0) is 19.1. The molecule has 28 heavy (non-hydrogen) atoms. The quantitative estimate of drug-likeness (QED) is 0.328. The Morgan fingerprint density at radius 2 is 1.57 bits per heavy atom. The van der Waals surface area contributed by atoms with Crippen molar-refractivity contribution in [3.63, 3.8) is 0 Å². The highest BCUT2D eigenvalue weighted by molar-refractivity contribution is 6.31. The minimum Gasteiger partial charge on any atom is -0.480 e. The molecule has 4 aromatic carbocycles. The molecule has 0 saturated heterocycles. The Hall–Kier alpha value is -3.03. The van der Waals surface area contributed by atoms with Crippen LogP contribution in [0.15, 0.2) is 97.1 Å². The topological polar surface area (TPSA) is 9.23 Å². The third kappa shape index (κ3) is 2.98. The van der Waals surface area contributed by atoms with Crippen LogP contribution in [-0.4, -0.2) is 0 Å². The van der Waals surface area contributed by atoms with Gasteiger partial charge in [0.2, 0.25) is 0 Å². The number of hydrogen-bond donors (Lipinski definition) is 0. The van der Waals surface area contributed by atoms with E-state index in [1.807, 2.05) is 24.3 Å². The highest BCUT2D eigenvalue weighted by Gasteiger charge is 2.26. The summed E-state index contributed by atoms with van der Waals surface area (Å²) in [5, 5.41) is 2.93. The van der Waals surface area contributed by atoms with Gasteiger partial charge in [0.25, 0.3) is 0 Å². The van der Waals surface area contributed by atoms with Gasteiger partial charge in [-0.15, -0.1) is 0 Å². The molecule has 1 aliphatic rings. The maximum absolute atomic E-state index is 6.49. The molecule has 5 rings (SSSR count). The Balaban J connectivity index is 1.51. The molecule has 0 saturated carbocycles. The summed E-state index contributed by atoms with van der Waals surface area (Å²) in [6, 6.07) is 29.2. The van der Waals surface area contributed by atoms with E-state index in [4.69, 9.17) is 16.3 Å². The first-order valence-electron chi connectivity index (χ1n) is 9.40. The van der Waals surface area contributed by atoms with Crippen molar-refractivity contribution in [1.82, 2.24) is 0 Å². The van der Waals surface area contributed by atoms with Gasteiger partial charge in [0, 0.05) is 16.8 Å². The number of hydrogen-bond acceptors (Lipinski definition) is 1. The largest absolute Gasteiger partial charge is 0.480 e. The van der Waals surface area contributed by atoms with Crippen molar-refractivity contribution in [1.29, 1.82) is 0 Å². The van der Waals surface area contributed by atoms with Crippen LogP contribution in [0.2, 0.25) is 5.02 Å². The minimum atomic E-state index is -0.140. The van der Waals surface area contributed by atoms with E-state index < -0.39 is 0 Å². The smallest absolute Gasteiger partial charge is 0.145 e. The first-order chi connectivity index (χ1) is 13.7. The van der Waals surface area contributed by atoms with Crippen LogP contribution >= 0.6 is 11.6 Å². The SMILES string of the molecule is C=C1Cc2ccc3cc(Cl)ccc3c2OC1c1ccc(-c2ccccc2)cc1. The molecule has 4 aromatic rings. The van der Waals surface area contributed by atoms with Crippen molar-refractivity contribution >= 4 is 22.4 Å². The highest BCUT2D eigenvalue weighted by Crippen LogP contribution is 2.42. The van der Waals surface area contributed by atoms with Gasteiger partial charge in [-0.1, -0.05) is 84.9 Å². The van der Waals surface area contributed by atoms with E-state index in [0.29, 0.717) is 0 Å². The van der Waals surface area contributed by atoms with Gasteiger partial charge < -0.3 is 4.74 Å². The molecule has 0 N–H and O–H groups in total. The number of ether oxygens (including phenoxy) is 1. The van der Waals surface area contributed by atoms with Crippen LogP contribution in [0.1, 0.15) is 17.2 Å². The summed E-state index contributed by atoms with van der Waals surface area (Å²) in [4.78, 5) is 0. The van der Waals surface area contributed by atoms with Gasteiger partial charge in [-0.05, 0) is 51.4 Å². The van der Waals surface area contributed by atoms with E-state index in [9.17, 15) is 0 Å². The average molecular weight is 383 g/mol. The fourth-order valence-electron chi connectivity index (χ4n) is 3.92. The van der Waals surface area contributed by atoms with E-state index >= 15 is 0 Å². The second-order valence-corrected chi connectivity index (χ2v) is 7.68. The molecule has 1 unspecified atom stereocenters. The third-order valence-electron chi connectivity index (χ3n) is 5.36. The lowest BCUT2D eigenvalue weighted by molar-refractivity contribution is 0.229. The number of benzene rings is 4. The lowest BCUT2D eigenvalue weighted by Crippen LogP contribution is -2.17. The molecule has 1 nitrogen and oxygen atoms in total. The van der Waals surface area contributed by atoms with Crippen LogP contribution in [0.25, 0.3) is 21.9 Å². The molecule has 0 amide bonds. The Kier molecular flexibility index (Phi) is 4.18. The Morgan fingerprint density at radius 3 is 2.36 bits per heavy atom. The van der Waals surface area contributed by atoms with Gasteiger partial charge >= 0.3 is 0 Å². The van der Waals surface area contributed by atoms with E-state index in [0.717, 1.165) is 39.1 Å². The lowest BCUT2D eigenvalue weighted by Gasteiger charge is -2.29. The Labute approximate surface area is 169 Å². The fourth-order valence-corrected chi connectivity index (χ4v) is 4.10. The summed E-state index contributed by atoms with van der Waals surface area (Å²) in [6.45, 7) is 4.30. The zero-order valence-electron chi connectivity index (χ0n) is 15.4. The maximum Gasteiger partial charge on any atom is 0.145 e. The van der Waals surface area contributed by atoms with Crippen LogP contribution in [0, 0.1) is 0 Å². The average Bonchev–Trinajstić information content (AvgIpc) is 2.74. The maximum atomic E-state index is 6.49. The first kappa shape index (κ1) is 17.1. The van der Waals surface area contributed by atoms with Gasteiger partial charge in [0.1, 0.15) is 11.9 Å². The zero-order valence-corrected chi connectivity index (χ0v) is 16.1. The lowest BCUT2D eigenvalue weighted by atomic mass is 9.91. The molecule has 0 spiro atoms. The van der Waals surface area contributed by atoms with Gasteiger partial charge in [-0.2, -0.15) is 0 Å². The summed E-state index contributed by atoms with van der Waals surface area (Å²) < 4.78 is 6.49. The molecule has 2 heteroatoms. The van der Waals surface area contributed by atoms with Crippen molar-refractivity contribution in [2.45, 2.75) is 12.5 Å². The molecule has 0 aromatic heterocycles. The van der Waals surface area contributed by atoms with Crippen LogP contribution < -0.4 is 4.74 Å². The summed E-state index contributed by atoms with van der Waals surface area (Å²) in [7, 11) is 0. The molecule has 0 fully saturated rings. The van der Waals surface area contributed by atoms with E-state index in [1.54, 1.807) is 0 Å². The molecule has 0 aliphatic carbocycles. The Morgan fingerprint density at radius 1 is 0.821 bits per heavy atom. The van der Waals surface area contributed by atoms with Gasteiger partial charge in [0.05, 0.1) is 0 Å². The molecule has 1 atom stereocenters. The standard InChI is InChI=1S/C26H19ClO/c1-17-15-22-12-11-21-16-23(27)13-14-24(21)26(22)28-25(17)20-9-7-19(8-10-20)18-5-3-2-4-6-18/h2-14,16,25H,1,15H2. The van der Waals surface area contributed by atoms with E-state index in [2.05, 4.69) is 67.2 Å². The number of rotatable bonds is 2. The molecule has 1 aliphatic heterocycles. The normalized spacial score (nSPS) is 15.9. The summed E-state index contributed by atoms with van der Waals surface area (Å²) in [6.07, 6.45) is 0.678. The van der Waals surface area contributed by atoms with Crippen LogP contribution in [0.5, 0.6) is 5.75 Å². The highest BCUT2D eigenvalue weighted by atomic mass is 35.5. The molecule has 0 bridgehead atoms. The summed E-state index contributed by atoms with van der Waals surface area (Å²) in [5.74, 6) is 0.943. The van der Waals surface area contributed by atoms with Gasteiger partial charge in [-0.25, -0.2) is 0 Å². The number of halogens is 1. The minimum absolute atomic E-state index is 0.140. The fraction of sp³-hybridized carbons (Fsp3) is 0.0769. The molecular formula is C26H19ClO. The van der Waals surface area contributed by atoms with Crippen molar-refractivity contribution < 1.29 is 4.74 Å². The summed E-state index contributed by atoms with van der Waals surface area (Å²) >= 11 is 6.16. The van der Waals surface area contributed by atoms with E-state index in [1.165, 1.54) is 16.7 Å². The van der Waals surface area contributed by atoms with Crippen molar-refractivity contribution in [2.24, 2.45) is 0 Å². The predicted octanol–water partition coefficient (Wildman–Crippen LogP) is 7.39. The van der Waals surface area contributed by atoms with Crippen molar-refractivity contribution in [3.8, 4) is 16.9 Å². The monoisotopic (exact) mass is 382 g/mol. The predicted molar refractivity (Wildman–Crippen MR) is 117 cm³/mol. The van der Waals surface area contributed by atoms with Crippen molar-refractivity contribution in [3.05, 3.63) is 113 Å². The first-order valence-corrected chi connectivity index (χ1v) is 9.78. The second kappa shape index (κ2) is 6.85. The van der Waals surface area contributed by atoms with Crippen molar-refractivity contribution in [2.75, 3.05) is 0 Å².